The van der Waals surface area contributed by atoms with Crippen molar-refractivity contribution in [2.45, 2.75) is 32.5 Å². The van der Waals surface area contributed by atoms with E-state index >= 15 is 0 Å². The lowest BCUT2D eigenvalue weighted by Crippen LogP contribution is -2.37. The molecule has 7 nitrogen and oxygen atoms in total. The number of methoxy groups -OCH3 is 1. The van der Waals surface area contributed by atoms with Crippen molar-refractivity contribution in [2.75, 3.05) is 25.1 Å². The van der Waals surface area contributed by atoms with Gasteiger partial charge in [-0.3, -0.25) is 4.90 Å². The maximum Gasteiger partial charge on any atom is 0.410 e. The number of para-hydroxylation sites is 1. The largest absolute Gasteiger partial charge is 0.496 e. The van der Waals surface area contributed by atoms with Gasteiger partial charge in [-0.1, -0.05) is 18.2 Å². The minimum atomic E-state index is -0.311. The quantitative estimate of drug-likeness (QED) is 0.814. The number of hydrogen-bond donors (Lipinski definition) is 0. The first kappa shape index (κ1) is 18.1. The van der Waals surface area contributed by atoms with Gasteiger partial charge in [0.1, 0.15) is 23.7 Å². The van der Waals surface area contributed by atoms with Crippen LogP contribution in [-0.4, -0.2) is 48.3 Å². The molecule has 4 rings (SSSR count). The fourth-order valence-electron chi connectivity index (χ4n) is 4.06. The average molecular weight is 378 g/mol. The third-order valence-corrected chi connectivity index (χ3v) is 5.39. The van der Waals surface area contributed by atoms with Gasteiger partial charge in [0.05, 0.1) is 31.8 Å². The first-order chi connectivity index (χ1) is 13.5. The number of aryl methyl sites for hydroxylation is 2. The maximum atomic E-state index is 12.4. The molecule has 0 N–H and O–H groups in total. The fraction of sp³-hybridized carbons (Fsp3) is 0.381. The fourth-order valence-corrected chi connectivity index (χ4v) is 4.06. The molecule has 2 aliphatic heterocycles. The smallest absolute Gasteiger partial charge is 0.410 e. The lowest BCUT2D eigenvalue weighted by Gasteiger charge is -2.24. The second kappa shape index (κ2) is 7.04. The molecule has 2 fully saturated rings. The molecule has 0 aliphatic carbocycles. The van der Waals surface area contributed by atoms with Gasteiger partial charge in [-0.25, -0.2) is 9.78 Å². The summed E-state index contributed by atoms with van der Waals surface area (Å²) in [5.41, 5.74) is 3.29. The Morgan fingerprint density at radius 2 is 2.11 bits per heavy atom. The number of benzene rings is 1. The van der Waals surface area contributed by atoms with E-state index in [-0.39, 0.29) is 18.2 Å². The summed E-state index contributed by atoms with van der Waals surface area (Å²) in [5, 5.41) is 9.57. The van der Waals surface area contributed by atoms with Crippen molar-refractivity contribution >= 4 is 11.9 Å². The van der Waals surface area contributed by atoms with Crippen molar-refractivity contribution in [2.24, 2.45) is 0 Å². The number of aromatic nitrogens is 1. The number of fused-ring (bicyclic) bond motifs is 1. The van der Waals surface area contributed by atoms with Gasteiger partial charge in [0.15, 0.2) is 0 Å². The molecule has 0 bridgehead atoms. The third kappa shape index (κ3) is 3.01. The zero-order valence-electron chi connectivity index (χ0n) is 16.2. The van der Waals surface area contributed by atoms with Crippen LogP contribution in [-0.2, 0) is 11.3 Å². The predicted octanol–water partition coefficient (Wildman–Crippen LogP) is 2.79. The van der Waals surface area contributed by atoms with Gasteiger partial charge in [0, 0.05) is 17.8 Å². The van der Waals surface area contributed by atoms with Gasteiger partial charge in [0.2, 0.25) is 0 Å². The van der Waals surface area contributed by atoms with E-state index in [1.807, 2.05) is 44.2 Å². The number of pyridine rings is 1. The van der Waals surface area contributed by atoms with Crippen molar-refractivity contribution in [1.82, 2.24) is 9.88 Å². The van der Waals surface area contributed by atoms with Crippen LogP contribution < -0.4 is 9.64 Å². The molecule has 2 aromatic rings. The van der Waals surface area contributed by atoms with Crippen LogP contribution >= 0.6 is 0 Å². The van der Waals surface area contributed by atoms with Gasteiger partial charge < -0.3 is 14.4 Å². The number of carbonyl (C=O) groups is 1. The summed E-state index contributed by atoms with van der Waals surface area (Å²) in [4.78, 5) is 20.8. The molecule has 3 heterocycles. The van der Waals surface area contributed by atoms with Gasteiger partial charge in [-0.05, 0) is 31.5 Å². The number of anilines is 1. The van der Waals surface area contributed by atoms with Gasteiger partial charge in [-0.2, -0.15) is 5.26 Å². The van der Waals surface area contributed by atoms with Crippen LogP contribution in [0.25, 0.3) is 0 Å². The van der Waals surface area contributed by atoms with Crippen LogP contribution in [0.3, 0.4) is 0 Å². The highest BCUT2D eigenvalue weighted by Crippen LogP contribution is 2.34. The summed E-state index contributed by atoms with van der Waals surface area (Å²) in [7, 11) is 1.62. The molecule has 1 aromatic carbocycles. The minimum absolute atomic E-state index is 0.0911. The molecule has 0 radical (unpaired) electrons. The average Bonchev–Trinajstić information content (AvgIpc) is 3.20. The molecular weight excluding hydrogens is 356 g/mol. The van der Waals surface area contributed by atoms with E-state index in [0.717, 1.165) is 22.6 Å². The molecule has 2 aliphatic rings. The zero-order chi connectivity index (χ0) is 19.8. The minimum Gasteiger partial charge on any atom is -0.496 e. The zero-order valence-corrected chi connectivity index (χ0v) is 16.2. The Bertz CT molecular complexity index is 969. The predicted molar refractivity (Wildman–Crippen MR) is 103 cm³/mol. The van der Waals surface area contributed by atoms with Crippen molar-refractivity contribution in [3.8, 4) is 11.8 Å². The summed E-state index contributed by atoms with van der Waals surface area (Å²) >= 11 is 0. The summed E-state index contributed by atoms with van der Waals surface area (Å²) in [6, 6.07) is 11.7. The number of hydrogen-bond acceptors (Lipinski definition) is 6. The molecule has 1 amide bonds. The van der Waals surface area contributed by atoms with Gasteiger partial charge in [-0.15, -0.1) is 0 Å². The number of amides is 1. The lowest BCUT2D eigenvalue weighted by atomic mass is 10.1. The molecule has 2 atom stereocenters. The highest BCUT2D eigenvalue weighted by Gasteiger charge is 2.48. The number of nitrogens with zero attached hydrogens (tertiary/aromatic N) is 4. The van der Waals surface area contributed by atoms with Crippen LogP contribution in [0.4, 0.5) is 10.6 Å². The van der Waals surface area contributed by atoms with Gasteiger partial charge in [0.25, 0.3) is 0 Å². The third-order valence-electron chi connectivity index (χ3n) is 5.39. The van der Waals surface area contributed by atoms with E-state index in [0.29, 0.717) is 31.0 Å². The molecule has 28 heavy (non-hydrogen) atoms. The highest BCUT2D eigenvalue weighted by atomic mass is 16.6. The van der Waals surface area contributed by atoms with E-state index in [2.05, 4.69) is 16.0 Å². The second-order valence-electron chi connectivity index (χ2n) is 7.23. The van der Waals surface area contributed by atoms with Crippen molar-refractivity contribution in [1.29, 1.82) is 5.26 Å². The number of carbonyl (C=O) groups excluding carboxylic acids is 1. The Kier molecular flexibility index (Phi) is 4.55. The molecule has 144 valence electrons. The molecule has 0 unspecified atom stereocenters. The second-order valence-corrected chi connectivity index (χ2v) is 7.23. The first-order valence-corrected chi connectivity index (χ1v) is 9.24. The van der Waals surface area contributed by atoms with E-state index < -0.39 is 0 Å². The van der Waals surface area contributed by atoms with Gasteiger partial charge >= 0.3 is 6.09 Å². The van der Waals surface area contributed by atoms with Crippen LogP contribution in [0.2, 0.25) is 0 Å². The Morgan fingerprint density at radius 1 is 1.32 bits per heavy atom. The summed E-state index contributed by atoms with van der Waals surface area (Å²) in [6.45, 7) is 5.37. The Balaban J connectivity index is 1.59. The van der Waals surface area contributed by atoms with Crippen LogP contribution in [0.15, 0.2) is 30.3 Å². The number of nitriles is 1. The first-order valence-electron chi connectivity index (χ1n) is 9.24. The van der Waals surface area contributed by atoms with E-state index in [1.165, 1.54) is 0 Å². The molecule has 7 heteroatoms. The molecular formula is C21H22N4O3. The van der Waals surface area contributed by atoms with E-state index in [1.54, 1.807) is 12.0 Å². The summed E-state index contributed by atoms with van der Waals surface area (Å²) in [6.07, 6.45) is -0.550. The molecule has 1 aromatic heterocycles. The molecule has 0 saturated carbocycles. The SMILES string of the molecule is COc1ccccc1CN1C(=O)O[C@@H]2CN(c3nc(C)cc(C)c3C#N)C[C@@H]21. The Morgan fingerprint density at radius 3 is 2.86 bits per heavy atom. The van der Waals surface area contributed by atoms with Crippen LogP contribution in [0.1, 0.15) is 22.4 Å². The standard InChI is InChI=1S/C21H22N4O3/c1-13-8-14(2)23-20(16(13)9-22)24-11-17-19(12-24)28-21(26)25(17)10-15-6-4-5-7-18(15)27-3/h4-8,17,19H,10-12H2,1-3H3/t17-,19+/m0/s1. The lowest BCUT2D eigenvalue weighted by molar-refractivity contribution is 0.135. The van der Waals surface area contributed by atoms with Crippen molar-refractivity contribution in [3.05, 3.63) is 52.7 Å². The number of rotatable bonds is 4. The van der Waals surface area contributed by atoms with Crippen LogP contribution in [0.5, 0.6) is 5.75 Å². The summed E-state index contributed by atoms with van der Waals surface area (Å²) < 4.78 is 11.0. The molecule has 2 saturated heterocycles. The Labute approximate surface area is 164 Å². The number of ether oxygens (including phenoxy) is 2. The monoisotopic (exact) mass is 378 g/mol. The normalized spacial score (nSPS) is 20.7. The topological polar surface area (TPSA) is 78.7 Å². The Hall–Kier alpha value is -3.27. The van der Waals surface area contributed by atoms with E-state index in [9.17, 15) is 10.1 Å². The van der Waals surface area contributed by atoms with E-state index in [4.69, 9.17) is 9.47 Å². The maximum absolute atomic E-state index is 12.4. The van der Waals surface area contributed by atoms with Crippen LogP contribution in [0, 0.1) is 25.2 Å². The summed E-state index contributed by atoms with van der Waals surface area (Å²) in [5.74, 6) is 1.42. The van der Waals surface area contributed by atoms with Crippen molar-refractivity contribution in [3.63, 3.8) is 0 Å². The molecule has 0 spiro atoms. The highest BCUT2D eigenvalue weighted by molar-refractivity contribution is 5.72. The van der Waals surface area contributed by atoms with Crippen molar-refractivity contribution < 1.29 is 14.3 Å².